The van der Waals surface area contributed by atoms with E-state index in [0.717, 1.165) is 0 Å². The highest BCUT2D eigenvalue weighted by Crippen LogP contribution is 2.36. The number of aromatic nitrogens is 1. The molecule has 1 fully saturated rings. The van der Waals surface area contributed by atoms with Gasteiger partial charge >= 0.3 is 7.12 Å². The van der Waals surface area contributed by atoms with Gasteiger partial charge < -0.3 is 9.31 Å². The van der Waals surface area contributed by atoms with E-state index in [9.17, 15) is 14.0 Å². The number of benzene rings is 2. The second-order valence-electron chi connectivity index (χ2n) is 8.98. The first kappa shape index (κ1) is 22.2. The zero-order valence-electron chi connectivity index (χ0n) is 18.6. The van der Waals surface area contributed by atoms with Crippen molar-refractivity contribution < 1.29 is 18.5 Å². The lowest BCUT2D eigenvalue weighted by Crippen LogP contribution is -2.41. The molecule has 0 amide bonds. The Bertz CT molecular complexity index is 1200. The zero-order chi connectivity index (χ0) is 23.1. The van der Waals surface area contributed by atoms with E-state index in [1.54, 1.807) is 36.5 Å². The molecule has 32 heavy (non-hydrogen) atoms. The lowest BCUT2D eigenvalue weighted by Gasteiger charge is -2.32. The van der Waals surface area contributed by atoms with Gasteiger partial charge in [-0.1, -0.05) is 30.3 Å². The molecule has 0 spiro atoms. The van der Waals surface area contributed by atoms with Crippen LogP contribution in [0.25, 0.3) is 5.69 Å². The highest BCUT2D eigenvalue weighted by Gasteiger charge is 2.52. The van der Waals surface area contributed by atoms with Crippen LogP contribution in [0.3, 0.4) is 0 Å². The van der Waals surface area contributed by atoms with Gasteiger partial charge in [-0.25, -0.2) is 4.39 Å². The third-order valence-electron chi connectivity index (χ3n) is 6.22. The minimum absolute atomic E-state index is 0.0618. The second-order valence-corrected chi connectivity index (χ2v) is 8.98. The first-order chi connectivity index (χ1) is 15.1. The van der Waals surface area contributed by atoms with E-state index < -0.39 is 29.7 Å². The van der Waals surface area contributed by atoms with Crippen LogP contribution in [0.1, 0.15) is 43.6 Å². The van der Waals surface area contributed by atoms with Crippen LogP contribution in [-0.4, -0.2) is 28.7 Å². The number of carbonyl (C=O) groups excluding carboxylic acids is 1. The van der Waals surface area contributed by atoms with Crippen molar-refractivity contribution >= 4 is 18.4 Å². The fourth-order valence-electron chi connectivity index (χ4n) is 3.62. The van der Waals surface area contributed by atoms with Gasteiger partial charge in [0.15, 0.2) is 5.78 Å². The van der Waals surface area contributed by atoms with E-state index in [2.05, 4.69) is 0 Å². The molecule has 0 aliphatic carbocycles. The molecule has 0 unspecified atom stereocenters. The van der Waals surface area contributed by atoms with E-state index in [0.29, 0.717) is 11.3 Å². The largest absolute Gasteiger partial charge is 0.497 e. The van der Waals surface area contributed by atoms with Gasteiger partial charge in [0, 0.05) is 23.8 Å². The van der Waals surface area contributed by atoms with Crippen LogP contribution in [0.5, 0.6) is 0 Å². The maximum absolute atomic E-state index is 14.9. The quantitative estimate of drug-likeness (QED) is 0.455. The summed E-state index contributed by atoms with van der Waals surface area (Å²) < 4.78 is 28.1. The molecule has 0 bridgehead atoms. The van der Waals surface area contributed by atoms with Crippen LogP contribution in [0.4, 0.5) is 4.39 Å². The lowest BCUT2D eigenvalue weighted by atomic mass is 9.78. The van der Waals surface area contributed by atoms with Crippen molar-refractivity contribution in [2.45, 2.75) is 45.3 Å². The van der Waals surface area contributed by atoms with Gasteiger partial charge in [0.25, 0.3) is 5.56 Å². The Morgan fingerprint density at radius 2 is 1.62 bits per heavy atom. The fraction of sp³-hybridized carbons (Fsp3) is 0.280. The van der Waals surface area contributed by atoms with Crippen molar-refractivity contribution in [2.75, 3.05) is 0 Å². The number of Topliss-reactive ketones (excluding diaryl/α,β-unsaturated/α-hetero) is 1. The molecule has 5 nitrogen and oxygen atoms in total. The summed E-state index contributed by atoms with van der Waals surface area (Å²) in [5.74, 6) is -0.883. The average Bonchev–Trinajstić information content (AvgIpc) is 2.95. The first-order valence-corrected chi connectivity index (χ1v) is 10.5. The second kappa shape index (κ2) is 8.15. The number of ketones is 1. The van der Waals surface area contributed by atoms with E-state index in [4.69, 9.17) is 9.31 Å². The monoisotopic (exact) mass is 433 g/mol. The summed E-state index contributed by atoms with van der Waals surface area (Å²) in [6.45, 7) is 7.61. The molecular weight excluding hydrogens is 408 g/mol. The van der Waals surface area contributed by atoms with E-state index in [1.807, 2.05) is 45.9 Å². The van der Waals surface area contributed by atoms with Gasteiger partial charge in [0.05, 0.1) is 16.8 Å². The van der Waals surface area contributed by atoms with E-state index in [-0.39, 0.29) is 23.2 Å². The SMILES string of the molecule is CC1(C)OB(c2ccc(CC(=O)c3cccn(-c4ccccc4)c3=O)cc2F)OC1(C)C. The predicted molar refractivity (Wildman–Crippen MR) is 122 cm³/mol. The summed E-state index contributed by atoms with van der Waals surface area (Å²) in [6, 6.07) is 16.8. The molecule has 0 saturated carbocycles. The van der Waals surface area contributed by atoms with Gasteiger partial charge in [-0.05, 0) is 63.6 Å². The number of hydrogen-bond acceptors (Lipinski definition) is 4. The van der Waals surface area contributed by atoms with E-state index in [1.165, 1.54) is 16.7 Å². The van der Waals surface area contributed by atoms with Crippen molar-refractivity contribution in [1.82, 2.24) is 4.57 Å². The molecule has 4 rings (SSSR count). The molecule has 2 heterocycles. The van der Waals surface area contributed by atoms with Crippen LogP contribution < -0.4 is 11.0 Å². The number of pyridine rings is 1. The number of para-hydroxylation sites is 1. The Morgan fingerprint density at radius 3 is 2.25 bits per heavy atom. The number of carbonyl (C=O) groups is 1. The van der Waals surface area contributed by atoms with E-state index >= 15 is 0 Å². The molecule has 3 aromatic rings. The Balaban J connectivity index is 1.55. The first-order valence-electron chi connectivity index (χ1n) is 10.5. The summed E-state index contributed by atoms with van der Waals surface area (Å²) in [4.78, 5) is 25.7. The van der Waals surface area contributed by atoms with Crippen molar-refractivity contribution in [3.8, 4) is 5.69 Å². The highest BCUT2D eigenvalue weighted by atomic mass is 19.1. The van der Waals surface area contributed by atoms with Crippen molar-refractivity contribution in [3.63, 3.8) is 0 Å². The summed E-state index contributed by atoms with van der Waals surface area (Å²) in [5.41, 5.74) is -0.0712. The topological polar surface area (TPSA) is 57.5 Å². The van der Waals surface area contributed by atoms with Crippen LogP contribution in [0.15, 0.2) is 71.7 Å². The molecule has 0 N–H and O–H groups in total. The molecular formula is C25H25BFNO4. The third-order valence-corrected chi connectivity index (χ3v) is 6.22. The molecule has 1 aliphatic rings. The van der Waals surface area contributed by atoms with Gasteiger partial charge in [-0.3, -0.25) is 14.2 Å². The van der Waals surface area contributed by atoms with Crippen molar-refractivity contribution in [1.29, 1.82) is 0 Å². The maximum atomic E-state index is 14.9. The fourth-order valence-corrected chi connectivity index (χ4v) is 3.62. The standard InChI is InChI=1S/C25H25BFNO4/c1-24(2)25(3,4)32-26(31-24)20-13-12-17(15-21(20)27)16-22(29)19-11-8-14-28(23(19)30)18-9-6-5-7-10-18/h5-15H,16H2,1-4H3. The minimum atomic E-state index is -0.822. The molecule has 164 valence electrons. The Hall–Kier alpha value is -3.03. The molecule has 1 aliphatic heterocycles. The normalized spacial score (nSPS) is 16.8. The van der Waals surface area contributed by atoms with Crippen LogP contribution in [-0.2, 0) is 15.7 Å². The zero-order valence-corrected chi connectivity index (χ0v) is 18.6. The number of halogens is 1. The summed E-state index contributed by atoms with van der Waals surface area (Å²) >= 11 is 0. The molecule has 1 saturated heterocycles. The van der Waals surface area contributed by atoms with Crippen LogP contribution >= 0.6 is 0 Å². The lowest BCUT2D eigenvalue weighted by molar-refractivity contribution is 0.00578. The van der Waals surface area contributed by atoms with Crippen LogP contribution in [0, 0.1) is 5.82 Å². The summed E-state index contributed by atoms with van der Waals surface area (Å²) in [7, 11) is -0.822. The summed E-state index contributed by atoms with van der Waals surface area (Å²) in [6.07, 6.45) is 1.53. The Morgan fingerprint density at radius 1 is 0.969 bits per heavy atom. The number of rotatable bonds is 5. The average molecular weight is 433 g/mol. The number of hydrogen-bond donors (Lipinski definition) is 0. The van der Waals surface area contributed by atoms with Crippen molar-refractivity contribution in [3.05, 3.63) is 94.2 Å². The van der Waals surface area contributed by atoms with Gasteiger partial charge in [0.1, 0.15) is 5.82 Å². The molecule has 0 radical (unpaired) electrons. The van der Waals surface area contributed by atoms with Gasteiger partial charge in [-0.15, -0.1) is 0 Å². The molecule has 1 aromatic heterocycles. The van der Waals surface area contributed by atoms with Gasteiger partial charge in [-0.2, -0.15) is 0 Å². The van der Waals surface area contributed by atoms with Crippen LogP contribution in [0.2, 0.25) is 0 Å². The van der Waals surface area contributed by atoms with Gasteiger partial charge in [0.2, 0.25) is 0 Å². The summed E-state index contributed by atoms with van der Waals surface area (Å²) in [5, 5.41) is 0. The third kappa shape index (κ3) is 4.06. The molecule has 7 heteroatoms. The van der Waals surface area contributed by atoms with Crippen molar-refractivity contribution in [2.24, 2.45) is 0 Å². The number of nitrogens with zero attached hydrogens (tertiary/aromatic N) is 1. The molecule has 0 atom stereocenters. The Kier molecular flexibility index (Phi) is 5.65. The smallest absolute Gasteiger partial charge is 0.399 e. The maximum Gasteiger partial charge on any atom is 0.497 e. The predicted octanol–water partition coefficient (Wildman–Crippen LogP) is 3.70. The molecule has 2 aromatic carbocycles. The minimum Gasteiger partial charge on any atom is -0.399 e. The highest BCUT2D eigenvalue weighted by molar-refractivity contribution is 6.62. The Labute approximate surface area is 186 Å².